The lowest BCUT2D eigenvalue weighted by Gasteiger charge is -1.86. The second-order valence-electron chi connectivity index (χ2n) is 2.32. The first-order chi connectivity index (χ1) is 5.92. The Hall–Kier alpha value is -1.44. The van der Waals surface area contributed by atoms with Crippen molar-refractivity contribution in [3.05, 3.63) is 29.6 Å². The van der Waals surface area contributed by atoms with Gasteiger partial charge in [0.15, 0.2) is 0 Å². The molecule has 0 unspecified atom stereocenters. The van der Waals surface area contributed by atoms with Crippen LogP contribution in [0.25, 0.3) is 10.1 Å². The Morgan fingerprint density at radius 2 is 2.17 bits per heavy atom. The molecule has 0 bridgehead atoms. The molecular weight excluding hydrogens is 170 g/mol. The van der Waals surface area contributed by atoms with Gasteiger partial charge in [0, 0.05) is 15.5 Å². The molecule has 0 saturated heterocycles. The Morgan fingerprint density at radius 1 is 1.33 bits per heavy atom. The molecule has 0 atom stereocenters. The van der Waals surface area contributed by atoms with Crippen molar-refractivity contribution in [2.75, 3.05) is 0 Å². The molecule has 3 heteroatoms. The molecule has 1 aromatic carbocycles. The molecule has 0 aliphatic heterocycles. The topological polar surface area (TPSA) is 29.4 Å². The maximum Gasteiger partial charge on any atom is 0.240 e. The standard InChI is InChI=1S/C9H5NOS/c11-6-10-8-5-12-9-4-2-1-3-7(8)9/h1-5H. The van der Waals surface area contributed by atoms with Crippen LogP contribution in [0.5, 0.6) is 0 Å². The van der Waals surface area contributed by atoms with Gasteiger partial charge in [-0.1, -0.05) is 18.2 Å². The van der Waals surface area contributed by atoms with E-state index in [0.29, 0.717) is 5.69 Å². The van der Waals surface area contributed by atoms with Crippen molar-refractivity contribution in [3.8, 4) is 0 Å². The van der Waals surface area contributed by atoms with Gasteiger partial charge < -0.3 is 0 Å². The van der Waals surface area contributed by atoms with Crippen LogP contribution in [0, 0.1) is 0 Å². The fourth-order valence-corrected chi connectivity index (χ4v) is 1.97. The molecule has 0 aliphatic rings. The Balaban J connectivity index is 2.78. The first kappa shape index (κ1) is 7.22. The number of thiophene rings is 1. The van der Waals surface area contributed by atoms with E-state index in [1.54, 1.807) is 17.4 Å². The molecule has 0 radical (unpaired) electrons. The predicted octanol–water partition coefficient (Wildman–Crippen LogP) is 2.87. The third-order valence-corrected chi connectivity index (χ3v) is 2.58. The van der Waals surface area contributed by atoms with Crippen LogP contribution >= 0.6 is 11.3 Å². The van der Waals surface area contributed by atoms with Crippen molar-refractivity contribution < 1.29 is 4.79 Å². The summed E-state index contributed by atoms with van der Waals surface area (Å²) >= 11 is 1.58. The molecule has 12 heavy (non-hydrogen) atoms. The van der Waals surface area contributed by atoms with Gasteiger partial charge in [0.05, 0.1) is 5.69 Å². The monoisotopic (exact) mass is 175 g/mol. The molecule has 0 fully saturated rings. The van der Waals surface area contributed by atoms with Crippen LogP contribution in [0.15, 0.2) is 34.6 Å². The van der Waals surface area contributed by atoms with Crippen LogP contribution in [0.1, 0.15) is 0 Å². The minimum atomic E-state index is 0.714. The lowest BCUT2D eigenvalue weighted by atomic mass is 10.2. The number of isocyanates is 1. The first-order valence-electron chi connectivity index (χ1n) is 3.46. The third kappa shape index (κ3) is 1.05. The fourth-order valence-electron chi connectivity index (χ4n) is 1.10. The summed E-state index contributed by atoms with van der Waals surface area (Å²) < 4.78 is 1.14. The van der Waals surface area contributed by atoms with Crippen LogP contribution in [0.2, 0.25) is 0 Å². The lowest BCUT2D eigenvalue weighted by molar-refractivity contribution is 0.565. The minimum Gasteiger partial charge on any atom is -0.211 e. The van der Waals surface area contributed by atoms with Crippen LogP contribution in [-0.4, -0.2) is 6.08 Å². The number of benzene rings is 1. The van der Waals surface area contributed by atoms with Crippen molar-refractivity contribution in [2.45, 2.75) is 0 Å². The Kier molecular flexibility index (Phi) is 1.74. The van der Waals surface area contributed by atoms with Crippen molar-refractivity contribution >= 4 is 33.2 Å². The molecule has 0 N–H and O–H groups in total. The molecule has 0 saturated carbocycles. The summed E-state index contributed by atoms with van der Waals surface area (Å²) in [6, 6.07) is 7.85. The Morgan fingerprint density at radius 3 is 3.00 bits per heavy atom. The molecule has 2 rings (SSSR count). The summed E-state index contributed by atoms with van der Waals surface area (Å²) in [7, 11) is 0. The lowest BCUT2D eigenvalue weighted by Crippen LogP contribution is -1.61. The average molecular weight is 175 g/mol. The Bertz CT molecular complexity index is 454. The summed E-state index contributed by atoms with van der Waals surface area (Å²) in [5.41, 5.74) is 0.714. The summed E-state index contributed by atoms with van der Waals surface area (Å²) in [5.74, 6) is 0. The van der Waals surface area contributed by atoms with Gasteiger partial charge in [-0.2, -0.15) is 4.99 Å². The first-order valence-corrected chi connectivity index (χ1v) is 4.34. The van der Waals surface area contributed by atoms with Crippen molar-refractivity contribution in [1.82, 2.24) is 0 Å². The van der Waals surface area contributed by atoms with Gasteiger partial charge in [-0.05, 0) is 6.07 Å². The van der Waals surface area contributed by atoms with E-state index in [-0.39, 0.29) is 0 Å². The van der Waals surface area contributed by atoms with E-state index in [9.17, 15) is 4.79 Å². The van der Waals surface area contributed by atoms with Gasteiger partial charge in [0.25, 0.3) is 0 Å². The number of hydrogen-bond donors (Lipinski definition) is 0. The van der Waals surface area contributed by atoms with E-state index in [2.05, 4.69) is 4.99 Å². The van der Waals surface area contributed by atoms with Crippen LogP contribution < -0.4 is 0 Å². The highest BCUT2D eigenvalue weighted by Gasteiger charge is 1.99. The molecule has 1 heterocycles. The number of rotatable bonds is 1. The fraction of sp³-hybridized carbons (Fsp3) is 0. The maximum atomic E-state index is 10.0. The molecule has 58 valence electrons. The summed E-state index contributed by atoms with van der Waals surface area (Å²) in [5, 5.41) is 2.88. The smallest absolute Gasteiger partial charge is 0.211 e. The second-order valence-corrected chi connectivity index (χ2v) is 3.23. The highest BCUT2D eigenvalue weighted by atomic mass is 32.1. The number of carbonyl (C=O) groups excluding carboxylic acids is 1. The molecule has 2 nitrogen and oxygen atoms in total. The molecule has 2 aromatic rings. The van der Waals surface area contributed by atoms with Gasteiger partial charge >= 0.3 is 0 Å². The molecular formula is C9H5NOS. The van der Waals surface area contributed by atoms with E-state index in [1.165, 1.54) is 0 Å². The van der Waals surface area contributed by atoms with E-state index < -0.39 is 0 Å². The molecule has 0 spiro atoms. The van der Waals surface area contributed by atoms with Crippen molar-refractivity contribution in [2.24, 2.45) is 4.99 Å². The van der Waals surface area contributed by atoms with E-state index in [4.69, 9.17) is 0 Å². The van der Waals surface area contributed by atoms with Crippen molar-refractivity contribution in [3.63, 3.8) is 0 Å². The molecule has 0 amide bonds. The average Bonchev–Trinajstić information content (AvgIpc) is 2.50. The summed E-state index contributed by atoms with van der Waals surface area (Å²) in [4.78, 5) is 13.6. The van der Waals surface area contributed by atoms with Crippen molar-refractivity contribution in [1.29, 1.82) is 0 Å². The van der Waals surface area contributed by atoms with Crippen LogP contribution in [0.4, 0.5) is 5.69 Å². The number of hydrogen-bond acceptors (Lipinski definition) is 3. The molecule has 1 aromatic heterocycles. The van der Waals surface area contributed by atoms with Crippen LogP contribution in [-0.2, 0) is 4.79 Å². The minimum absolute atomic E-state index is 0.714. The zero-order chi connectivity index (χ0) is 8.39. The third-order valence-electron chi connectivity index (χ3n) is 1.63. The van der Waals surface area contributed by atoms with E-state index in [1.807, 2.05) is 29.6 Å². The molecule has 0 aliphatic carbocycles. The number of fused-ring (bicyclic) bond motifs is 1. The maximum absolute atomic E-state index is 10.0. The second kappa shape index (κ2) is 2.89. The van der Waals surface area contributed by atoms with Gasteiger partial charge in [-0.15, -0.1) is 11.3 Å². The van der Waals surface area contributed by atoms with Gasteiger partial charge in [-0.3, -0.25) is 0 Å². The van der Waals surface area contributed by atoms with E-state index in [0.717, 1.165) is 10.1 Å². The zero-order valence-electron chi connectivity index (χ0n) is 6.15. The van der Waals surface area contributed by atoms with Crippen LogP contribution in [0.3, 0.4) is 0 Å². The van der Waals surface area contributed by atoms with Gasteiger partial charge in [-0.25, -0.2) is 4.79 Å². The van der Waals surface area contributed by atoms with E-state index >= 15 is 0 Å². The Labute approximate surface area is 73.2 Å². The number of aliphatic imine (C=N–C) groups is 1. The zero-order valence-corrected chi connectivity index (χ0v) is 6.97. The number of nitrogens with zero attached hydrogens (tertiary/aromatic N) is 1. The highest BCUT2D eigenvalue weighted by molar-refractivity contribution is 7.17. The quantitative estimate of drug-likeness (QED) is 0.484. The summed E-state index contributed by atoms with van der Waals surface area (Å²) in [6.45, 7) is 0. The summed E-state index contributed by atoms with van der Waals surface area (Å²) in [6.07, 6.45) is 1.54. The SMILES string of the molecule is O=C=Nc1csc2ccccc12. The van der Waals surface area contributed by atoms with Gasteiger partial charge in [0.1, 0.15) is 0 Å². The normalized spacial score (nSPS) is 9.67. The highest BCUT2D eigenvalue weighted by Crippen LogP contribution is 2.31. The largest absolute Gasteiger partial charge is 0.240 e. The predicted molar refractivity (Wildman–Crippen MR) is 49.6 cm³/mol. The van der Waals surface area contributed by atoms with Gasteiger partial charge in [0.2, 0.25) is 6.08 Å².